The van der Waals surface area contributed by atoms with Crippen molar-refractivity contribution in [2.24, 2.45) is 11.8 Å². The second-order valence-corrected chi connectivity index (χ2v) is 8.89. The largest absolute Gasteiger partial charge is 0.426 e. The number of ether oxygens (including phenoxy) is 1. The second-order valence-electron chi connectivity index (χ2n) is 6.11. The predicted octanol–water partition coefficient (Wildman–Crippen LogP) is 7.12. The molecule has 1 saturated carbocycles. The topological polar surface area (TPSA) is 26.3 Å². The van der Waals surface area contributed by atoms with Gasteiger partial charge in [-0.1, -0.05) is 44.4 Å². The van der Waals surface area contributed by atoms with Crippen LogP contribution in [0.4, 0.5) is 19.4 Å². The first-order valence-electron chi connectivity index (χ1n) is 7.55. The molecule has 0 aliphatic heterocycles. The van der Waals surface area contributed by atoms with Crippen molar-refractivity contribution in [2.75, 3.05) is 0 Å². The van der Waals surface area contributed by atoms with Gasteiger partial charge in [-0.25, -0.2) is 0 Å². The highest BCUT2D eigenvalue weighted by Crippen LogP contribution is 3.02. The van der Waals surface area contributed by atoms with Crippen molar-refractivity contribution in [1.29, 1.82) is 0 Å². The van der Waals surface area contributed by atoms with Gasteiger partial charge in [-0.15, -0.1) is 0 Å². The molecule has 9 heteroatoms. The van der Waals surface area contributed by atoms with Crippen LogP contribution in [-0.2, 0) is 4.79 Å². The van der Waals surface area contributed by atoms with E-state index in [9.17, 15) is 24.2 Å². The highest BCUT2D eigenvalue weighted by atomic mass is 35.5. The van der Waals surface area contributed by atoms with Crippen LogP contribution >= 0.6 is 21.8 Å². The van der Waals surface area contributed by atoms with Gasteiger partial charge in [0.25, 0.3) is 0 Å². The number of esters is 1. The van der Waals surface area contributed by atoms with Crippen molar-refractivity contribution in [3.63, 3.8) is 0 Å². The van der Waals surface area contributed by atoms with Gasteiger partial charge in [-0.05, 0) is 43.7 Å². The molecular formula is C15H18ClF5O2S. The van der Waals surface area contributed by atoms with Crippen molar-refractivity contribution in [1.82, 2.24) is 0 Å². The summed E-state index contributed by atoms with van der Waals surface area (Å²) in [5.41, 5.74) is 0. The number of rotatable bonds is 4. The van der Waals surface area contributed by atoms with E-state index in [1.54, 1.807) is 0 Å². The standard InChI is InChI=1S/C15H18ClF5O2S/c1-2-10-3-5-11(6-4-10)15(22)23-12-7-8-14(13(16)9-12)24(17,18,19,20)21/h7-11H,2-6H2,1H3. The summed E-state index contributed by atoms with van der Waals surface area (Å²) in [7, 11) is -9.87. The molecule has 1 aromatic rings. The first-order chi connectivity index (χ1) is 10.8. The summed E-state index contributed by atoms with van der Waals surface area (Å²) in [6.45, 7) is 2.08. The number of halogens is 6. The minimum Gasteiger partial charge on any atom is -0.426 e. The Kier molecular flexibility index (Phi) is 4.63. The quantitative estimate of drug-likeness (QED) is 0.310. The molecule has 1 fully saturated rings. The summed E-state index contributed by atoms with van der Waals surface area (Å²) in [6.07, 6.45) is 4.11. The van der Waals surface area contributed by atoms with Crippen molar-refractivity contribution in [2.45, 2.75) is 43.9 Å². The summed E-state index contributed by atoms with van der Waals surface area (Å²) in [5.74, 6) is -0.601. The maximum absolute atomic E-state index is 12.8. The van der Waals surface area contributed by atoms with E-state index in [1.165, 1.54) is 0 Å². The lowest BCUT2D eigenvalue weighted by Gasteiger charge is -2.41. The molecule has 0 saturated heterocycles. The Bertz CT molecular complexity index is 639. The first-order valence-corrected chi connectivity index (χ1v) is 9.88. The number of hydrogen-bond donors (Lipinski definition) is 0. The highest BCUT2D eigenvalue weighted by Gasteiger charge is 2.66. The molecule has 1 aliphatic rings. The van der Waals surface area contributed by atoms with Crippen LogP contribution in [0, 0.1) is 11.8 Å². The van der Waals surface area contributed by atoms with Crippen molar-refractivity contribution >= 4 is 27.8 Å². The summed E-state index contributed by atoms with van der Waals surface area (Å²) >= 11 is 5.34. The first kappa shape index (κ1) is 19.3. The molecule has 138 valence electrons. The lowest BCUT2D eigenvalue weighted by molar-refractivity contribution is -0.140. The molecule has 0 bridgehead atoms. The molecule has 0 N–H and O–H groups in total. The monoisotopic (exact) mass is 392 g/mol. The van der Waals surface area contributed by atoms with Crippen LogP contribution in [0.3, 0.4) is 0 Å². The van der Waals surface area contributed by atoms with Gasteiger partial charge in [0.2, 0.25) is 0 Å². The van der Waals surface area contributed by atoms with Crippen LogP contribution in [0.5, 0.6) is 5.75 Å². The molecule has 0 amide bonds. The molecule has 1 aromatic carbocycles. The summed E-state index contributed by atoms with van der Waals surface area (Å²) in [5, 5.41) is -1.19. The molecule has 0 spiro atoms. The summed E-state index contributed by atoms with van der Waals surface area (Å²) in [4.78, 5) is 9.87. The highest BCUT2D eigenvalue weighted by molar-refractivity contribution is 8.45. The third-order valence-electron chi connectivity index (χ3n) is 4.29. The van der Waals surface area contributed by atoms with Crippen LogP contribution in [-0.4, -0.2) is 5.97 Å². The Balaban J connectivity index is 2.10. The SMILES string of the molecule is CCC1CCC(C(=O)Oc2ccc(S(F)(F)(F)(F)F)c(Cl)c2)CC1. The Morgan fingerprint density at radius 3 is 2.21 bits per heavy atom. The van der Waals surface area contributed by atoms with E-state index >= 15 is 0 Å². The third-order valence-corrected chi connectivity index (χ3v) is 5.91. The zero-order valence-corrected chi connectivity index (χ0v) is 14.5. The average molecular weight is 393 g/mol. The molecule has 0 radical (unpaired) electrons. The van der Waals surface area contributed by atoms with E-state index in [0.717, 1.165) is 19.3 Å². The van der Waals surface area contributed by atoms with Gasteiger partial charge < -0.3 is 4.74 Å². The normalized spacial score (nSPS) is 24.8. The van der Waals surface area contributed by atoms with Crippen LogP contribution in [0.1, 0.15) is 39.0 Å². The number of carbonyl (C=O) groups excluding carboxylic acids is 1. The Hall–Kier alpha value is -1.02. The van der Waals surface area contributed by atoms with Crippen molar-refractivity contribution in [3.8, 4) is 5.75 Å². The van der Waals surface area contributed by atoms with Gasteiger partial charge in [0.1, 0.15) is 10.6 Å². The third kappa shape index (κ3) is 4.75. The minimum absolute atomic E-state index is 0.153. The van der Waals surface area contributed by atoms with Crippen LogP contribution in [0.25, 0.3) is 0 Å². The molecule has 0 aromatic heterocycles. The predicted molar refractivity (Wildman–Crippen MR) is 84.2 cm³/mol. The lowest BCUT2D eigenvalue weighted by Crippen LogP contribution is -2.25. The van der Waals surface area contributed by atoms with E-state index in [4.69, 9.17) is 16.3 Å². The average Bonchev–Trinajstić information content (AvgIpc) is 2.44. The molecule has 24 heavy (non-hydrogen) atoms. The Morgan fingerprint density at radius 2 is 1.75 bits per heavy atom. The van der Waals surface area contributed by atoms with Gasteiger partial charge in [0.15, 0.2) is 0 Å². The molecule has 2 nitrogen and oxygen atoms in total. The van der Waals surface area contributed by atoms with E-state index in [1.807, 2.05) is 0 Å². The van der Waals surface area contributed by atoms with Gasteiger partial charge >= 0.3 is 16.2 Å². The van der Waals surface area contributed by atoms with Gasteiger partial charge in [-0.3, -0.25) is 4.79 Å². The number of benzene rings is 1. The van der Waals surface area contributed by atoms with Crippen LogP contribution < -0.4 is 4.74 Å². The van der Waals surface area contributed by atoms with E-state index in [2.05, 4.69) is 6.92 Å². The summed E-state index contributed by atoms with van der Waals surface area (Å²) < 4.78 is 68.9. The van der Waals surface area contributed by atoms with Gasteiger partial charge in [0, 0.05) is 6.07 Å². The molecular weight excluding hydrogens is 375 g/mol. The van der Waals surface area contributed by atoms with Crippen molar-refractivity contribution in [3.05, 3.63) is 23.2 Å². The maximum Gasteiger partial charge on any atom is 0.314 e. The number of hydrogen-bond acceptors (Lipinski definition) is 2. The van der Waals surface area contributed by atoms with E-state index in [-0.39, 0.29) is 17.7 Å². The second kappa shape index (κ2) is 5.76. The lowest BCUT2D eigenvalue weighted by atomic mass is 9.81. The molecule has 0 unspecified atom stereocenters. The minimum atomic E-state index is -9.87. The van der Waals surface area contributed by atoms with E-state index < -0.39 is 26.1 Å². The zero-order chi connectivity index (χ0) is 18.2. The Morgan fingerprint density at radius 1 is 1.17 bits per heavy atom. The maximum atomic E-state index is 12.8. The molecule has 1 aliphatic carbocycles. The van der Waals surface area contributed by atoms with Crippen molar-refractivity contribution < 1.29 is 29.0 Å². The fourth-order valence-electron chi connectivity index (χ4n) is 2.86. The smallest absolute Gasteiger partial charge is 0.314 e. The zero-order valence-electron chi connectivity index (χ0n) is 12.9. The van der Waals surface area contributed by atoms with Crippen LogP contribution in [0.2, 0.25) is 5.02 Å². The van der Waals surface area contributed by atoms with E-state index in [0.29, 0.717) is 30.9 Å². The fourth-order valence-corrected chi connectivity index (χ4v) is 4.22. The summed E-state index contributed by atoms with van der Waals surface area (Å²) in [6, 6.07) is 1.44. The van der Waals surface area contributed by atoms with Gasteiger partial charge in [0.05, 0.1) is 10.9 Å². The number of carbonyl (C=O) groups is 1. The molecule has 0 heterocycles. The van der Waals surface area contributed by atoms with Gasteiger partial charge in [-0.2, -0.15) is 0 Å². The Labute approximate surface area is 142 Å². The molecule has 0 atom stereocenters. The van der Waals surface area contributed by atoms with Crippen LogP contribution in [0.15, 0.2) is 23.1 Å². The molecule has 2 rings (SSSR count). The fraction of sp³-hybridized carbons (Fsp3) is 0.533.